The molecule has 0 aromatic heterocycles. The van der Waals surface area contributed by atoms with Gasteiger partial charge in [0.2, 0.25) is 0 Å². The summed E-state index contributed by atoms with van der Waals surface area (Å²) in [6.45, 7) is 9.75. The van der Waals surface area contributed by atoms with E-state index < -0.39 is 0 Å². The summed E-state index contributed by atoms with van der Waals surface area (Å²) in [6.07, 6.45) is 1.18. The van der Waals surface area contributed by atoms with Gasteiger partial charge in [-0.1, -0.05) is 44.2 Å². The Morgan fingerprint density at radius 2 is 1.82 bits per heavy atom. The van der Waals surface area contributed by atoms with Crippen molar-refractivity contribution in [2.75, 3.05) is 33.3 Å². The van der Waals surface area contributed by atoms with E-state index in [1.165, 1.54) is 22.8 Å². The average molecular weight is 300 g/mol. The van der Waals surface area contributed by atoms with Crippen LogP contribution < -0.4 is 10.1 Å². The number of nitrogens with zero attached hydrogens (tertiary/aromatic N) is 1. The van der Waals surface area contributed by atoms with E-state index in [1.807, 2.05) is 0 Å². The molecule has 0 amide bonds. The molecule has 0 atom stereocenters. The largest absolute Gasteiger partial charge is 0.496 e. The van der Waals surface area contributed by atoms with Gasteiger partial charge in [-0.05, 0) is 49.4 Å². The molecule has 2 aromatic carbocycles. The second-order valence-electron chi connectivity index (χ2n) is 5.52. The number of ether oxygens (including phenoxy) is 1. The van der Waals surface area contributed by atoms with Crippen LogP contribution in [-0.4, -0.2) is 38.2 Å². The fourth-order valence-corrected chi connectivity index (χ4v) is 2.87. The summed E-state index contributed by atoms with van der Waals surface area (Å²) in [5.74, 6) is 0.968. The van der Waals surface area contributed by atoms with Gasteiger partial charge >= 0.3 is 0 Å². The number of nitrogens with one attached hydrogen (secondary N) is 1. The van der Waals surface area contributed by atoms with Crippen molar-refractivity contribution in [3.8, 4) is 5.75 Å². The number of methoxy groups -OCH3 is 1. The molecule has 0 saturated carbocycles. The van der Waals surface area contributed by atoms with E-state index in [2.05, 4.69) is 60.5 Å². The lowest BCUT2D eigenvalue weighted by atomic mass is 10.0. The second-order valence-corrected chi connectivity index (χ2v) is 5.52. The van der Waals surface area contributed by atoms with Gasteiger partial charge in [-0.2, -0.15) is 0 Å². The molecule has 3 heteroatoms. The zero-order valence-electron chi connectivity index (χ0n) is 14.1. The SMILES string of the molecule is CCN(CC)CCCNCc1c(OC)ccc2ccccc12. The average Bonchev–Trinajstić information content (AvgIpc) is 2.58. The molecule has 0 unspecified atom stereocenters. The molecule has 120 valence electrons. The molecule has 3 nitrogen and oxygen atoms in total. The van der Waals surface area contributed by atoms with E-state index in [0.29, 0.717) is 0 Å². The van der Waals surface area contributed by atoms with Crippen LogP contribution in [0, 0.1) is 0 Å². The Morgan fingerprint density at radius 3 is 2.55 bits per heavy atom. The number of benzene rings is 2. The highest BCUT2D eigenvalue weighted by Crippen LogP contribution is 2.27. The number of hydrogen-bond donors (Lipinski definition) is 1. The van der Waals surface area contributed by atoms with Crippen LogP contribution in [0.2, 0.25) is 0 Å². The standard InChI is InChI=1S/C19H28N2O/c1-4-21(5-2)14-8-13-20-15-18-17-10-7-6-9-16(17)11-12-19(18)22-3/h6-7,9-12,20H,4-5,8,13-15H2,1-3H3. The van der Waals surface area contributed by atoms with Gasteiger partial charge < -0.3 is 15.0 Å². The molecule has 22 heavy (non-hydrogen) atoms. The van der Waals surface area contributed by atoms with Crippen molar-refractivity contribution in [3.63, 3.8) is 0 Å². The van der Waals surface area contributed by atoms with Crippen molar-refractivity contribution in [2.45, 2.75) is 26.8 Å². The molecule has 2 rings (SSSR count). The molecule has 0 aliphatic heterocycles. The lowest BCUT2D eigenvalue weighted by molar-refractivity contribution is 0.298. The monoisotopic (exact) mass is 300 g/mol. The highest BCUT2D eigenvalue weighted by molar-refractivity contribution is 5.87. The van der Waals surface area contributed by atoms with Crippen LogP contribution in [-0.2, 0) is 6.54 Å². The van der Waals surface area contributed by atoms with Gasteiger partial charge in [-0.15, -0.1) is 0 Å². The molecule has 0 aliphatic rings. The highest BCUT2D eigenvalue weighted by atomic mass is 16.5. The molecule has 1 N–H and O–H groups in total. The van der Waals surface area contributed by atoms with Crippen LogP contribution in [0.5, 0.6) is 5.75 Å². The van der Waals surface area contributed by atoms with Crippen LogP contribution in [0.25, 0.3) is 10.8 Å². The Balaban J connectivity index is 1.96. The number of rotatable bonds is 9. The molecule has 0 radical (unpaired) electrons. The Kier molecular flexibility index (Phi) is 6.69. The Hall–Kier alpha value is -1.58. The fraction of sp³-hybridized carbons (Fsp3) is 0.474. The fourth-order valence-electron chi connectivity index (χ4n) is 2.87. The summed E-state index contributed by atoms with van der Waals surface area (Å²) in [4.78, 5) is 2.46. The molecule has 0 aliphatic carbocycles. The summed E-state index contributed by atoms with van der Waals surface area (Å²) in [5, 5.41) is 6.11. The van der Waals surface area contributed by atoms with Crippen molar-refractivity contribution in [3.05, 3.63) is 42.0 Å². The lowest BCUT2D eigenvalue weighted by Crippen LogP contribution is -2.27. The molecule has 2 aromatic rings. The van der Waals surface area contributed by atoms with Crippen LogP contribution >= 0.6 is 0 Å². The maximum absolute atomic E-state index is 5.54. The van der Waals surface area contributed by atoms with E-state index >= 15 is 0 Å². The molecular formula is C19H28N2O. The highest BCUT2D eigenvalue weighted by Gasteiger charge is 2.07. The lowest BCUT2D eigenvalue weighted by Gasteiger charge is -2.18. The van der Waals surface area contributed by atoms with Crippen LogP contribution in [0.1, 0.15) is 25.8 Å². The minimum absolute atomic E-state index is 0.850. The predicted octanol–water partition coefficient (Wildman–Crippen LogP) is 3.67. The molecular weight excluding hydrogens is 272 g/mol. The third-order valence-electron chi connectivity index (χ3n) is 4.24. The summed E-state index contributed by atoms with van der Waals surface area (Å²) >= 11 is 0. The van der Waals surface area contributed by atoms with Crippen LogP contribution in [0.3, 0.4) is 0 Å². The Morgan fingerprint density at radius 1 is 1.05 bits per heavy atom. The first-order chi connectivity index (χ1) is 10.8. The summed E-state index contributed by atoms with van der Waals surface area (Å²) in [5.41, 5.74) is 1.25. The Labute approximate surface area is 134 Å². The van der Waals surface area contributed by atoms with Gasteiger partial charge in [-0.25, -0.2) is 0 Å². The first kappa shape index (κ1) is 16.8. The summed E-state index contributed by atoms with van der Waals surface area (Å²) < 4.78 is 5.54. The third-order valence-corrected chi connectivity index (χ3v) is 4.24. The molecule has 0 fully saturated rings. The van der Waals surface area contributed by atoms with Crippen molar-refractivity contribution in [1.82, 2.24) is 10.2 Å². The summed E-state index contributed by atoms with van der Waals surface area (Å²) in [6, 6.07) is 12.7. The van der Waals surface area contributed by atoms with Crippen molar-refractivity contribution >= 4 is 10.8 Å². The maximum Gasteiger partial charge on any atom is 0.123 e. The third kappa shape index (κ3) is 4.21. The van der Waals surface area contributed by atoms with Crippen molar-refractivity contribution in [1.29, 1.82) is 0 Å². The predicted molar refractivity (Wildman–Crippen MR) is 94.6 cm³/mol. The van der Waals surface area contributed by atoms with Gasteiger partial charge in [0.05, 0.1) is 7.11 Å². The first-order valence-corrected chi connectivity index (χ1v) is 8.27. The zero-order chi connectivity index (χ0) is 15.8. The van der Waals surface area contributed by atoms with Gasteiger partial charge in [-0.3, -0.25) is 0 Å². The molecule has 0 bridgehead atoms. The van der Waals surface area contributed by atoms with Crippen molar-refractivity contribution < 1.29 is 4.74 Å². The zero-order valence-corrected chi connectivity index (χ0v) is 14.1. The van der Waals surface area contributed by atoms with Gasteiger partial charge in [0.1, 0.15) is 5.75 Å². The Bertz CT molecular complexity index is 579. The smallest absolute Gasteiger partial charge is 0.123 e. The number of fused-ring (bicyclic) bond motifs is 1. The molecule has 0 heterocycles. The normalized spacial score (nSPS) is 11.3. The number of hydrogen-bond acceptors (Lipinski definition) is 3. The maximum atomic E-state index is 5.54. The van der Waals surface area contributed by atoms with Crippen LogP contribution in [0.4, 0.5) is 0 Å². The first-order valence-electron chi connectivity index (χ1n) is 8.27. The van der Waals surface area contributed by atoms with Gasteiger partial charge in [0.15, 0.2) is 0 Å². The summed E-state index contributed by atoms with van der Waals surface area (Å²) in [7, 11) is 1.74. The molecule has 0 saturated heterocycles. The topological polar surface area (TPSA) is 24.5 Å². The van der Waals surface area contributed by atoms with Crippen LogP contribution in [0.15, 0.2) is 36.4 Å². The second kappa shape index (κ2) is 8.76. The van der Waals surface area contributed by atoms with Gasteiger partial charge in [0, 0.05) is 12.1 Å². The van der Waals surface area contributed by atoms with E-state index in [9.17, 15) is 0 Å². The molecule has 0 spiro atoms. The minimum atomic E-state index is 0.850. The minimum Gasteiger partial charge on any atom is -0.496 e. The van der Waals surface area contributed by atoms with E-state index in [4.69, 9.17) is 4.74 Å². The van der Waals surface area contributed by atoms with E-state index in [0.717, 1.165) is 38.5 Å². The van der Waals surface area contributed by atoms with Crippen molar-refractivity contribution in [2.24, 2.45) is 0 Å². The van der Waals surface area contributed by atoms with Gasteiger partial charge in [0.25, 0.3) is 0 Å². The van der Waals surface area contributed by atoms with E-state index in [1.54, 1.807) is 7.11 Å². The van der Waals surface area contributed by atoms with E-state index in [-0.39, 0.29) is 0 Å². The quantitative estimate of drug-likeness (QED) is 0.715.